The predicted octanol–water partition coefficient (Wildman–Crippen LogP) is 2.14. The fourth-order valence-corrected chi connectivity index (χ4v) is 2.12. The molecular formula is C12H17N3O3. The van der Waals surface area contributed by atoms with Gasteiger partial charge in [-0.3, -0.25) is 10.1 Å². The normalized spacial score (nSPS) is 23.0. The Morgan fingerprint density at radius 3 is 3.00 bits per heavy atom. The summed E-state index contributed by atoms with van der Waals surface area (Å²) in [7, 11) is 0. The molecule has 1 saturated heterocycles. The zero-order chi connectivity index (χ0) is 13.1. The first kappa shape index (κ1) is 12.8. The number of ether oxygens (including phenoxy) is 1. The first-order chi connectivity index (χ1) is 8.58. The van der Waals surface area contributed by atoms with E-state index in [9.17, 15) is 10.1 Å². The highest BCUT2D eigenvalue weighted by Crippen LogP contribution is 2.22. The van der Waals surface area contributed by atoms with E-state index >= 15 is 0 Å². The number of aryl methyl sites for hydroxylation is 1. The van der Waals surface area contributed by atoms with Crippen molar-refractivity contribution in [3.05, 3.63) is 27.9 Å². The van der Waals surface area contributed by atoms with Crippen LogP contribution in [0.5, 0.6) is 0 Å². The smallest absolute Gasteiger partial charge is 0.290 e. The molecule has 2 heterocycles. The van der Waals surface area contributed by atoms with E-state index in [0.717, 1.165) is 19.6 Å². The molecule has 2 atom stereocenters. The third kappa shape index (κ3) is 2.76. The van der Waals surface area contributed by atoms with Crippen LogP contribution in [-0.4, -0.2) is 29.2 Å². The third-order valence-corrected chi connectivity index (χ3v) is 3.36. The Hall–Kier alpha value is -1.69. The summed E-state index contributed by atoms with van der Waals surface area (Å²) in [6, 6.07) is 1.71. The fourth-order valence-electron chi connectivity index (χ4n) is 2.12. The first-order valence-electron chi connectivity index (χ1n) is 6.04. The van der Waals surface area contributed by atoms with Crippen molar-refractivity contribution in [2.75, 3.05) is 18.5 Å². The third-order valence-electron chi connectivity index (χ3n) is 3.36. The Morgan fingerprint density at radius 1 is 1.67 bits per heavy atom. The summed E-state index contributed by atoms with van der Waals surface area (Å²) in [5.41, 5.74) is 0.673. The van der Waals surface area contributed by atoms with Crippen molar-refractivity contribution in [3.8, 4) is 0 Å². The van der Waals surface area contributed by atoms with Crippen LogP contribution in [0, 0.1) is 23.0 Å². The van der Waals surface area contributed by atoms with Gasteiger partial charge in [0.05, 0.1) is 11.0 Å². The number of rotatable bonds is 4. The van der Waals surface area contributed by atoms with Crippen LogP contribution in [-0.2, 0) is 4.74 Å². The van der Waals surface area contributed by atoms with Crippen LogP contribution in [0.15, 0.2) is 12.3 Å². The Morgan fingerprint density at radius 2 is 2.44 bits per heavy atom. The van der Waals surface area contributed by atoms with E-state index in [-0.39, 0.29) is 11.8 Å². The highest BCUT2D eigenvalue weighted by Gasteiger charge is 2.24. The molecule has 6 heteroatoms. The van der Waals surface area contributed by atoms with Crippen molar-refractivity contribution >= 4 is 11.5 Å². The lowest BCUT2D eigenvalue weighted by atomic mass is 10.0. The minimum Gasteiger partial charge on any atom is -0.378 e. The largest absolute Gasteiger partial charge is 0.378 e. The highest BCUT2D eigenvalue weighted by molar-refractivity contribution is 5.46. The first-order valence-corrected chi connectivity index (χ1v) is 6.04. The van der Waals surface area contributed by atoms with E-state index < -0.39 is 4.92 Å². The van der Waals surface area contributed by atoms with Gasteiger partial charge < -0.3 is 10.1 Å². The lowest BCUT2D eigenvalue weighted by molar-refractivity contribution is -0.385. The second kappa shape index (κ2) is 5.30. The van der Waals surface area contributed by atoms with Gasteiger partial charge in [0.2, 0.25) is 0 Å². The molecule has 0 aliphatic carbocycles. The number of nitrogens with one attached hydrogen (secondary N) is 1. The minimum absolute atomic E-state index is 0.0538. The highest BCUT2D eigenvalue weighted by atomic mass is 16.6. The summed E-state index contributed by atoms with van der Waals surface area (Å²) >= 11 is 0. The molecule has 0 radical (unpaired) electrons. The zero-order valence-corrected chi connectivity index (χ0v) is 10.5. The summed E-state index contributed by atoms with van der Waals surface area (Å²) in [5.74, 6) is 1.15. The fraction of sp³-hybridized carbons (Fsp3) is 0.583. The molecule has 6 nitrogen and oxygen atoms in total. The Balaban J connectivity index is 1.98. The van der Waals surface area contributed by atoms with Crippen molar-refractivity contribution < 1.29 is 9.66 Å². The Bertz CT molecular complexity index is 450. The number of nitrogens with zero attached hydrogens (tertiary/aromatic N) is 2. The lowest BCUT2D eigenvalue weighted by Gasteiger charge is -2.15. The summed E-state index contributed by atoms with van der Waals surface area (Å²) in [4.78, 5) is 14.3. The molecular weight excluding hydrogens is 234 g/mol. The molecule has 0 spiro atoms. The van der Waals surface area contributed by atoms with E-state index in [2.05, 4.69) is 17.2 Å². The Labute approximate surface area is 106 Å². The average Bonchev–Trinajstić information content (AvgIpc) is 2.72. The van der Waals surface area contributed by atoms with Crippen molar-refractivity contribution in [3.63, 3.8) is 0 Å². The van der Waals surface area contributed by atoms with Crippen LogP contribution in [0.1, 0.15) is 18.9 Å². The second-order valence-corrected chi connectivity index (χ2v) is 4.62. The average molecular weight is 251 g/mol. The van der Waals surface area contributed by atoms with Gasteiger partial charge >= 0.3 is 0 Å². The molecule has 0 amide bonds. The zero-order valence-electron chi connectivity index (χ0n) is 10.5. The van der Waals surface area contributed by atoms with E-state index in [0.29, 0.717) is 17.3 Å². The molecule has 98 valence electrons. The molecule has 0 bridgehead atoms. The maximum absolute atomic E-state index is 10.7. The Kier molecular flexibility index (Phi) is 3.76. The van der Waals surface area contributed by atoms with Gasteiger partial charge in [-0.05, 0) is 26.3 Å². The molecule has 2 unspecified atom stereocenters. The molecule has 1 aliphatic heterocycles. The molecule has 18 heavy (non-hydrogen) atoms. The molecule has 1 aromatic rings. The van der Waals surface area contributed by atoms with Crippen LogP contribution in [0.4, 0.5) is 11.5 Å². The summed E-state index contributed by atoms with van der Waals surface area (Å²) in [6.07, 6.45) is 2.60. The molecule has 0 saturated carbocycles. The van der Waals surface area contributed by atoms with E-state index in [1.165, 1.54) is 6.20 Å². The lowest BCUT2D eigenvalue weighted by Crippen LogP contribution is -2.21. The maximum Gasteiger partial charge on any atom is 0.290 e. The monoisotopic (exact) mass is 251 g/mol. The van der Waals surface area contributed by atoms with Gasteiger partial charge in [0.15, 0.2) is 0 Å². The van der Waals surface area contributed by atoms with Crippen LogP contribution < -0.4 is 5.32 Å². The SMILES string of the molecule is Cc1cc(NCC2CCOC2C)ncc1[N+](=O)[O-]. The predicted molar refractivity (Wildman–Crippen MR) is 67.6 cm³/mol. The number of aromatic nitrogens is 1. The van der Waals surface area contributed by atoms with Crippen LogP contribution in [0.2, 0.25) is 0 Å². The standard InChI is InChI=1S/C12H17N3O3/c1-8-5-12(14-7-11(8)15(16)17)13-6-10-3-4-18-9(10)2/h5,7,9-10H,3-4,6H2,1-2H3,(H,13,14). The van der Waals surface area contributed by atoms with Crippen molar-refractivity contribution in [1.82, 2.24) is 4.98 Å². The summed E-state index contributed by atoms with van der Waals surface area (Å²) < 4.78 is 5.48. The van der Waals surface area contributed by atoms with Crippen LogP contribution >= 0.6 is 0 Å². The van der Waals surface area contributed by atoms with Gasteiger partial charge in [0, 0.05) is 24.6 Å². The van der Waals surface area contributed by atoms with E-state index in [4.69, 9.17) is 4.74 Å². The van der Waals surface area contributed by atoms with E-state index in [1.807, 2.05) is 0 Å². The van der Waals surface area contributed by atoms with E-state index in [1.54, 1.807) is 13.0 Å². The molecule has 0 aromatic carbocycles. The molecule has 2 rings (SSSR count). The number of nitro groups is 1. The summed E-state index contributed by atoms with van der Waals surface area (Å²) in [6.45, 7) is 5.37. The van der Waals surface area contributed by atoms with Crippen molar-refractivity contribution in [1.29, 1.82) is 0 Å². The number of anilines is 1. The quantitative estimate of drug-likeness (QED) is 0.655. The summed E-state index contributed by atoms with van der Waals surface area (Å²) in [5, 5.41) is 13.9. The minimum atomic E-state index is -0.418. The number of pyridine rings is 1. The maximum atomic E-state index is 10.7. The van der Waals surface area contributed by atoms with Crippen molar-refractivity contribution in [2.45, 2.75) is 26.4 Å². The molecule has 1 N–H and O–H groups in total. The number of hydrogen-bond donors (Lipinski definition) is 1. The molecule has 1 aromatic heterocycles. The molecule has 1 aliphatic rings. The van der Waals surface area contributed by atoms with Gasteiger partial charge in [-0.25, -0.2) is 4.98 Å². The van der Waals surface area contributed by atoms with Crippen LogP contribution in [0.3, 0.4) is 0 Å². The van der Waals surface area contributed by atoms with Gasteiger partial charge in [-0.1, -0.05) is 0 Å². The second-order valence-electron chi connectivity index (χ2n) is 4.62. The molecule has 1 fully saturated rings. The van der Waals surface area contributed by atoms with Gasteiger partial charge in [-0.15, -0.1) is 0 Å². The topological polar surface area (TPSA) is 77.3 Å². The van der Waals surface area contributed by atoms with Crippen LogP contribution in [0.25, 0.3) is 0 Å². The van der Waals surface area contributed by atoms with Gasteiger partial charge in [-0.2, -0.15) is 0 Å². The number of hydrogen-bond acceptors (Lipinski definition) is 5. The van der Waals surface area contributed by atoms with Crippen molar-refractivity contribution in [2.24, 2.45) is 5.92 Å². The van der Waals surface area contributed by atoms with Gasteiger partial charge in [0.1, 0.15) is 12.0 Å². The van der Waals surface area contributed by atoms with Gasteiger partial charge in [0.25, 0.3) is 5.69 Å².